The monoisotopic (exact) mass is 446 g/mol. The number of anilines is 1. The van der Waals surface area contributed by atoms with Crippen molar-refractivity contribution in [2.45, 2.75) is 37.8 Å². The van der Waals surface area contributed by atoms with Crippen LogP contribution in [-0.4, -0.2) is 36.3 Å². The van der Waals surface area contributed by atoms with Crippen LogP contribution < -0.4 is 20.5 Å². The van der Waals surface area contributed by atoms with Crippen LogP contribution in [0.25, 0.3) is 22.0 Å². The van der Waals surface area contributed by atoms with Gasteiger partial charge >= 0.3 is 0 Å². The number of rotatable bonds is 5. The summed E-state index contributed by atoms with van der Waals surface area (Å²) in [5.74, 6) is 1.58. The Morgan fingerprint density at radius 2 is 1.73 bits per heavy atom. The molecule has 0 amide bonds. The first-order valence-corrected chi connectivity index (χ1v) is 10.7. The second kappa shape index (κ2) is 8.84. The van der Waals surface area contributed by atoms with Gasteiger partial charge in [-0.1, -0.05) is 42.1 Å². The molecule has 3 aromatic rings. The van der Waals surface area contributed by atoms with Crippen molar-refractivity contribution in [1.82, 2.24) is 9.97 Å². The molecule has 0 aliphatic heterocycles. The van der Waals surface area contributed by atoms with Crippen molar-refractivity contribution in [3.8, 4) is 22.6 Å². The van der Waals surface area contributed by atoms with Crippen molar-refractivity contribution in [2.24, 2.45) is 5.73 Å². The predicted molar refractivity (Wildman–Crippen MR) is 122 cm³/mol. The third-order valence-corrected chi connectivity index (χ3v) is 6.33. The SMILES string of the molecule is COc1cc(OC)c(Cl)c(-c2ccc3nc(NC4CCCC[C@H]4N)ncc3c2)c1Cl. The van der Waals surface area contributed by atoms with E-state index in [1.54, 1.807) is 26.5 Å². The predicted octanol–water partition coefficient (Wildman–Crippen LogP) is 5.30. The highest BCUT2D eigenvalue weighted by Crippen LogP contribution is 2.46. The average molecular weight is 447 g/mol. The smallest absolute Gasteiger partial charge is 0.223 e. The maximum absolute atomic E-state index is 6.56. The molecule has 1 aliphatic carbocycles. The molecule has 6 nitrogen and oxygen atoms in total. The van der Waals surface area contributed by atoms with Crippen LogP contribution in [0.2, 0.25) is 10.0 Å². The van der Waals surface area contributed by atoms with Crippen LogP contribution >= 0.6 is 23.2 Å². The fourth-order valence-corrected chi connectivity index (χ4v) is 4.62. The van der Waals surface area contributed by atoms with Crippen LogP contribution in [0.5, 0.6) is 11.5 Å². The minimum Gasteiger partial charge on any atom is -0.495 e. The molecule has 30 heavy (non-hydrogen) atoms. The van der Waals surface area contributed by atoms with Crippen LogP contribution in [0.1, 0.15) is 25.7 Å². The molecule has 1 saturated carbocycles. The van der Waals surface area contributed by atoms with Crippen molar-refractivity contribution < 1.29 is 9.47 Å². The summed E-state index contributed by atoms with van der Waals surface area (Å²) in [4.78, 5) is 9.15. The lowest BCUT2D eigenvalue weighted by Gasteiger charge is -2.29. The maximum Gasteiger partial charge on any atom is 0.223 e. The Labute approximate surface area is 185 Å². The summed E-state index contributed by atoms with van der Waals surface area (Å²) in [5, 5.41) is 5.12. The second-order valence-electron chi connectivity index (χ2n) is 7.45. The van der Waals surface area contributed by atoms with E-state index in [1.165, 1.54) is 12.8 Å². The number of hydrogen-bond acceptors (Lipinski definition) is 6. The normalized spacial score (nSPS) is 19.0. The minimum absolute atomic E-state index is 0.132. The number of aromatic nitrogens is 2. The average Bonchev–Trinajstić information content (AvgIpc) is 2.76. The maximum atomic E-state index is 6.56. The molecule has 1 heterocycles. The van der Waals surface area contributed by atoms with Crippen LogP contribution in [0, 0.1) is 0 Å². The van der Waals surface area contributed by atoms with Gasteiger partial charge in [-0.2, -0.15) is 0 Å². The molecular formula is C22H24Cl2N4O2. The van der Waals surface area contributed by atoms with Gasteiger partial charge in [0.1, 0.15) is 11.5 Å². The lowest BCUT2D eigenvalue weighted by Crippen LogP contribution is -2.42. The summed E-state index contributed by atoms with van der Waals surface area (Å²) in [7, 11) is 3.11. The highest BCUT2D eigenvalue weighted by atomic mass is 35.5. The van der Waals surface area contributed by atoms with Crippen LogP contribution in [0.3, 0.4) is 0 Å². The van der Waals surface area contributed by atoms with Crippen molar-refractivity contribution >= 4 is 40.1 Å². The Morgan fingerprint density at radius 1 is 1.03 bits per heavy atom. The quantitative estimate of drug-likeness (QED) is 0.552. The number of hydrogen-bond donors (Lipinski definition) is 2. The van der Waals surface area contributed by atoms with Gasteiger partial charge < -0.3 is 20.5 Å². The molecule has 3 N–H and O–H groups in total. The molecule has 1 unspecified atom stereocenters. The van der Waals surface area contributed by atoms with Gasteiger partial charge in [-0.05, 0) is 30.5 Å². The van der Waals surface area contributed by atoms with Gasteiger partial charge in [-0.3, -0.25) is 0 Å². The van der Waals surface area contributed by atoms with E-state index in [4.69, 9.17) is 38.4 Å². The zero-order chi connectivity index (χ0) is 21.3. The Morgan fingerprint density at radius 3 is 2.40 bits per heavy atom. The first kappa shape index (κ1) is 21.0. The fourth-order valence-electron chi connectivity index (χ4n) is 3.90. The fraction of sp³-hybridized carbons (Fsp3) is 0.364. The summed E-state index contributed by atoms with van der Waals surface area (Å²) in [5.41, 5.74) is 8.53. The van der Waals surface area contributed by atoms with E-state index in [-0.39, 0.29) is 12.1 Å². The first-order chi connectivity index (χ1) is 14.5. The van der Waals surface area contributed by atoms with Gasteiger partial charge in [0.2, 0.25) is 5.95 Å². The highest BCUT2D eigenvalue weighted by molar-refractivity contribution is 6.41. The number of methoxy groups -OCH3 is 2. The zero-order valence-electron chi connectivity index (χ0n) is 16.9. The molecular weight excluding hydrogens is 423 g/mol. The number of nitrogens with zero attached hydrogens (tertiary/aromatic N) is 2. The number of ether oxygens (including phenoxy) is 2. The van der Waals surface area contributed by atoms with Gasteiger partial charge in [-0.15, -0.1) is 0 Å². The first-order valence-electron chi connectivity index (χ1n) is 9.91. The number of nitrogens with one attached hydrogen (secondary N) is 1. The molecule has 1 aliphatic rings. The molecule has 0 spiro atoms. The topological polar surface area (TPSA) is 82.3 Å². The Hall–Kier alpha value is -2.28. The summed E-state index contributed by atoms with van der Waals surface area (Å²) in [6, 6.07) is 7.82. The number of nitrogens with two attached hydrogens (primary N) is 1. The lowest BCUT2D eigenvalue weighted by molar-refractivity contribution is 0.395. The largest absolute Gasteiger partial charge is 0.495 e. The number of fused-ring (bicyclic) bond motifs is 1. The molecule has 0 radical (unpaired) electrons. The summed E-state index contributed by atoms with van der Waals surface area (Å²) in [6.07, 6.45) is 6.22. The summed E-state index contributed by atoms with van der Waals surface area (Å²) >= 11 is 13.1. The second-order valence-corrected chi connectivity index (χ2v) is 8.21. The highest BCUT2D eigenvalue weighted by Gasteiger charge is 2.22. The van der Waals surface area contributed by atoms with E-state index >= 15 is 0 Å². The van der Waals surface area contributed by atoms with E-state index in [9.17, 15) is 0 Å². The molecule has 2 aromatic carbocycles. The van der Waals surface area contributed by atoms with E-state index in [0.29, 0.717) is 33.1 Å². The molecule has 2 atom stereocenters. The van der Waals surface area contributed by atoms with Gasteiger partial charge in [0.15, 0.2) is 0 Å². The van der Waals surface area contributed by atoms with Crippen LogP contribution in [0.15, 0.2) is 30.5 Å². The zero-order valence-corrected chi connectivity index (χ0v) is 18.4. The van der Waals surface area contributed by atoms with Crippen molar-refractivity contribution in [3.05, 3.63) is 40.5 Å². The summed E-state index contributed by atoms with van der Waals surface area (Å²) < 4.78 is 10.7. The molecule has 8 heteroatoms. The van der Waals surface area contributed by atoms with Gasteiger partial charge in [0.05, 0.1) is 29.8 Å². The van der Waals surface area contributed by atoms with Gasteiger partial charge in [0, 0.05) is 35.3 Å². The van der Waals surface area contributed by atoms with Crippen LogP contribution in [-0.2, 0) is 0 Å². The lowest BCUT2D eigenvalue weighted by atomic mass is 9.91. The number of benzene rings is 2. The Kier molecular flexibility index (Phi) is 6.18. The molecule has 158 valence electrons. The Bertz CT molecular complexity index is 1050. The van der Waals surface area contributed by atoms with E-state index < -0.39 is 0 Å². The van der Waals surface area contributed by atoms with Crippen LogP contribution in [0.4, 0.5) is 5.95 Å². The molecule has 0 bridgehead atoms. The third kappa shape index (κ3) is 4.00. The van der Waals surface area contributed by atoms with Crippen molar-refractivity contribution in [1.29, 1.82) is 0 Å². The molecule has 1 aromatic heterocycles. The standard InChI is InChI=1S/C22H24Cl2N4O2/c1-29-17-10-18(30-2)21(24)19(20(17)23)12-7-8-15-13(9-12)11-26-22(27-15)28-16-6-4-3-5-14(16)25/h7-11,14,16H,3-6,25H2,1-2H3,(H,26,27,28)/t14-,16?/m1/s1. The van der Waals surface area contributed by atoms with Gasteiger partial charge in [0.25, 0.3) is 0 Å². The molecule has 1 fully saturated rings. The number of halogens is 2. The van der Waals surface area contributed by atoms with Crippen molar-refractivity contribution in [3.63, 3.8) is 0 Å². The van der Waals surface area contributed by atoms with E-state index in [1.807, 2.05) is 18.2 Å². The Balaban J connectivity index is 1.70. The van der Waals surface area contributed by atoms with E-state index in [0.717, 1.165) is 29.3 Å². The summed E-state index contributed by atoms with van der Waals surface area (Å²) in [6.45, 7) is 0. The van der Waals surface area contributed by atoms with Crippen molar-refractivity contribution in [2.75, 3.05) is 19.5 Å². The minimum atomic E-state index is 0.132. The van der Waals surface area contributed by atoms with Gasteiger partial charge in [-0.25, -0.2) is 9.97 Å². The third-order valence-electron chi connectivity index (χ3n) is 5.58. The van der Waals surface area contributed by atoms with E-state index in [2.05, 4.69) is 15.3 Å². The molecule has 0 saturated heterocycles. The molecule has 4 rings (SSSR count).